The summed E-state index contributed by atoms with van der Waals surface area (Å²) in [5.74, 6) is 3.66. The summed E-state index contributed by atoms with van der Waals surface area (Å²) in [6.07, 6.45) is 11.9. The number of allylic oxidation sites excluding steroid dienone is 2. The third kappa shape index (κ3) is 0.987. The lowest BCUT2D eigenvalue weighted by Gasteiger charge is -2.30. The van der Waals surface area contributed by atoms with E-state index in [4.69, 9.17) is 6.42 Å². The van der Waals surface area contributed by atoms with Crippen molar-refractivity contribution in [2.75, 3.05) is 0 Å². The molecule has 70 valence electrons. The molecule has 3 aliphatic heterocycles. The Bertz CT molecular complexity index is 551. The molecule has 0 spiro atoms. The summed E-state index contributed by atoms with van der Waals surface area (Å²) in [6, 6.07) is 0. The third-order valence-electron chi connectivity index (χ3n) is 2.15. The van der Waals surface area contributed by atoms with E-state index in [1.807, 2.05) is 6.08 Å². The van der Waals surface area contributed by atoms with Gasteiger partial charge in [-0.1, -0.05) is 5.92 Å². The fourth-order valence-corrected chi connectivity index (χ4v) is 1.49. The van der Waals surface area contributed by atoms with Crippen molar-refractivity contribution in [3.63, 3.8) is 0 Å². The smallest absolute Gasteiger partial charge is 0.238 e. The quantitative estimate of drug-likeness (QED) is 0.520. The molecule has 0 fully saturated rings. The Balaban J connectivity index is 2.24. The molecule has 0 aliphatic carbocycles. The van der Waals surface area contributed by atoms with Gasteiger partial charge in [-0.3, -0.25) is 0 Å². The topological polar surface area (TPSA) is 52.7 Å². The summed E-state index contributed by atoms with van der Waals surface area (Å²) in [5, 5.41) is 0. The fraction of sp³-hybridized carbons (Fsp3) is 0. The molecule has 0 aromatic rings. The van der Waals surface area contributed by atoms with Crippen molar-refractivity contribution < 1.29 is 0 Å². The predicted molar refractivity (Wildman–Crippen MR) is 58.7 cm³/mol. The molecule has 0 aromatic carbocycles. The van der Waals surface area contributed by atoms with E-state index in [2.05, 4.69) is 25.9 Å². The van der Waals surface area contributed by atoms with Crippen LogP contribution in [0.4, 0.5) is 0 Å². The van der Waals surface area contributed by atoms with Crippen molar-refractivity contribution in [3.05, 3.63) is 23.5 Å². The Kier molecular flexibility index (Phi) is 1.45. The summed E-state index contributed by atoms with van der Waals surface area (Å²) >= 11 is 0. The lowest BCUT2D eigenvalue weighted by atomic mass is 10.1. The molecule has 5 heteroatoms. The van der Waals surface area contributed by atoms with Gasteiger partial charge in [-0.2, -0.15) is 0 Å². The van der Waals surface area contributed by atoms with Crippen LogP contribution in [0.2, 0.25) is 0 Å². The standard InChI is InChI=1S/C10H5N5/c1-2-7-5-12-10-14-6-13-9-11-4-3-8(7)15(9)10/h1,3-6H. The van der Waals surface area contributed by atoms with E-state index in [0.717, 1.165) is 5.70 Å². The van der Waals surface area contributed by atoms with E-state index in [1.165, 1.54) is 6.34 Å². The molecule has 0 saturated carbocycles. The zero-order chi connectivity index (χ0) is 10.3. The first-order chi connectivity index (χ1) is 7.40. The highest BCUT2D eigenvalue weighted by atomic mass is 15.4. The van der Waals surface area contributed by atoms with E-state index in [9.17, 15) is 0 Å². The fourth-order valence-electron chi connectivity index (χ4n) is 1.49. The molecular formula is C10H5N5. The molecule has 3 heterocycles. The van der Waals surface area contributed by atoms with E-state index < -0.39 is 0 Å². The average molecular weight is 195 g/mol. The highest BCUT2D eigenvalue weighted by molar-refractivity contribution is 6.14. The average Bonchev–Trinajstić information content (AvgIpc) is 2.30. The van der Waals surface area contributed by atoms with E-state index in [0.29, 0.717) is 17.5 Å². The summed E-state index contributed by atoms with van der Waals surface area (Å²) in [7, 11) is 0. The van der Waals surface area contributed by atoms with Gasteiger partial charge in [0.2, 0.25) is 11.9 Å². The number of hydrogen-bond donors (Lipinski definition) is 0. The molecule has 15 heavy (non-hydrogen) atoms. The van der Waals surface area contributed by atoms with Gasteiger partial charge in [-0.05, 0) is 6.08 Å². The Labute approximate surface area is 86.0 Å². The summed E-state index contributed by atoms with van der Waals surface area (Å²) in [5.41, 5.74) is 1.54. The Morgan fingerprint density at radius 2 is 2.07 bits per heavy atom. The Morgan fingerprint density at radius 3 is 2.93 bits per heavy atom. The molecule has 0 amide bonds. The molecule has 0 radical (unpaired) electrons. The Hall–Kier alpha value is -2.48. The molecule has 0 N–H and O–H groups in total. The van der Waals surface area contributed by atoms with Crippen LogP contribution in [0.1, 0.15) is 0 Å². The maximum atomic E-state index is 5.38. The number of rotatable bonds is 0. The number of aliphatic imine (C=N–C) groups is 4. The molecule has 3 aliphatic rings. The van der Waals surface area contributed by atoms with Gasteiger partial charge in [0.1, 0.15) is 6.34 Å². The van der Waals surface area contributed by atoms with Crippen molar-refractivity contribution in [3.8, 4) is 12.3 Å². The van der Waals surface area contributed by atoms with E-state index in [1.54, 1.807) is 17.3 Å². The lowest BCUT2D eigenvalue weighted by Crippen LogP contribution is -2.40. The molecule has 3 rings (SSSR count). The van der Waals surface area contributed by atoms with Crippen molar-refractivity contribution in [1.29, 1.82) is 0 Å². The van der Waals surface area contributed by atoms with Crippen LogP contribution < -0.4 is 0 Å². The molecule has 0 saturated heterocycles. The first kappa shape index (κ1) is 7.88. The van der Waals surface area contributed by atoms with Crippen LogP contribution >= 0.6 is 0 Å². The van der Waals surface area contributed by atoms with Crippen molar-refractivity contribution in [2.45, 2.75) is 0 Å². The normalized spacial score (nSPS) is 20.9. The monoisotopic (exact) mass is 195 g/mol. The van der Waals surface area contributed by atoms with E-state index in [-0.39, 0.29) is 0 Å². The van der Waals surface area contributed by atoms with Crippen LogP contribution in [0.3, 0.4) is 0 Å². The molecule has 0 unspecified atom stereocenters. The first-order valence-corrected chi connectivity index (χ1v) is 4.30. The molecule has 0 bridgehead atoms. The van der Waals surface area contributed by atoms with Crippen molar-refractivity contribution in [1.82, 2.24) is 4.90 Å². The molecular weight excluding hydrogens is 190 g/mol. The number of terminal acetylenes is 1. The van der Waals surface area contributed by atoms with Gasteiger partial charge in [-0.25, -0.2) is 24.9 Å². The van der Waals surface area contributed by atoms with Crippen LogP contribution in [0, 0.1) is 12.3 Å². The lowest BCUT2D eigenvalue weighted by molar-refractivity contribution is 0.728. The van der Waals surface area contributed by atoms with Gasteiger partial charge in [-0.15, -0.1) is 6.42 Å². The van der Waals surface area contributed by atoms with Gasteiger partial charge < -0.3 is 0 Å². The van der Waals surface area contributed by atoms with Gasteiger partial charge >= 0.3 is 0 Å². The number of hydrogen-bond acceptors (Lipinski definition) is 5. The predicted octanol–water partition coefficient (Wildman–Crippen LogP) is 0.541. The molecule has 5 nitrogen and oxygen atoms in total. The van der Waals surface area contributed by atoms with Gasteiger partial charge in [0, 0.05) is 12.4 Å². The van der Waals surface area contributed by atoms with Crippen LogP contribution in [0.5, 0.6) is 0 Å². The second-order valence-electron chi connectivity index (χ2n) is 2.96. The maximum Gasteiger partial charge on any atom is 0.238 e. The van der Waals surface area contributed by atoms with Crippen LogP contribution in [0.15, 0.2) is 43.5 Å². The highest BCUT2D eigenvalue weighted by Gasteiger charge is 2.29. The van der Waals surface area contributed by atoms with Crippen molar-refractivity contribution >= 4 is 24.5 Å². The van der Waals surface area contributed by atoms with E-state index >= 15 is 0 Å². The maximum absolute atomic E-state index is 5.38. The summed E-state index contributed by atoms with van der Waals surface area (Å²) in [4.78, 5) is 18.0. The third-order valence-corrected chi connectivity index (χ3v) is 2.15. The zero-order valence-electron chi connectivity index (χ0n) is 7.62. The number of guanidine groups is 2. The Morgan fingerprint density at radius 1 is 1.20 bits per heavy atom. The summed E-state index contributed by atoms with van der Waals surface area (Å²) in [6.45, 7) is 0. The van der Waals surface area contributed by atoms with Crippen LogP contribution in [-0.4, -0.2) is 29.4 Å². The highest BCUT2D eigenvalue weighted by Crippen LogP contribution is 2.24. The van der Waals surface area contributed by atoms with Crippen LogP contribution in [-0.2, 0) is 0 Å². The molecule has 0 atom stereocenters. The second-order valence-corrected chi connectivity index (χ2v) is 2.96. The largest absolute Gasteiger partial charge is 0.245 e. The molecule has 0 aromatic heterocycles. The minimum Gasteiger partial charge on any atom is -0.245 e. The van der Waals surface area contributed by atoms with Crippen LogP contribution in [0.25, 0.3) is 0 Å². The first-order valence-electron chi connectivity index (χ1n) is 4.30. The number of nitrogens with zero attached hydrogens (tertiary/aromatic N) is 5. The van der Waals surface area contributed by atoms with Gasteiger partial charge in [0.05, 0.1) is 11.3 Å². The summed E-state index contributed by atoms with van der Waals surface area (Å²) < 4.78 is 0. The van der Waals surface area contributed by atoms with Gasteiger partial charge in [0.25, 0.3) is 0 Å². The van der Waals surface area contributed by atoms with Crippen molar-refractivity contribution in [2.24, 2.45) is 20.0 Å². The zero-order valence-corrected chi connectivity index (χ0v) is 7.62. The minimum atomic E-state index is 0.544. The van der Waals surface area contributed by atoms with Gasteiger partial charge in [0.15, 0.2) is 0 Å². The SMILES string of the molecule is C#CC1=CN=C2N=CN=C3N=CC=C1N32. The second kappa shape index (κ2) is 2.75. The minimum absolute atomic E-state index is 0.544.